The molecular weight excluding hydrogens is 296 g/mol. The molecule has 0 radical (unpaired) electrons. The van der Waals surface area contributed by atoms with Gasteiger partial charge in [0.15, 0.2) is 11.6 Å². The monoisotopic (exact) mass is 308 g/mol. The summed E-state index contributed by atoms with van der Waals surface area (Å²) in [6.07, 6.45) is 1.40. The third kappa shape index (κ3) is 2.70. The van der Waals surface area contributed by atoms with Gasteiger partial charge < -0.3 is 15.8 Å². The van der Waals surface area contributed by atoms with Gasteiger partial charge in [-0.15, -0.1) is 0 Å². The van der Waals surface area contributed by atoms with Gasteiger partial charge in [-0.25, -0.2) is 9.97 Å². The van der Waals surface area contributed by atoms with E-state index in [1.165, 1.54) is 6.33 Å². The number of methoxy groups -OCH3 is 1. The van der Waals surface area contributed by atoms with Crippen molar-refractivity contribution < 1.29 is 4.74 Å². The fourth-order valence-electron chi connectivity index (χ4n) is 1.54. The van der Waals surface area contributed by atoms with E-state index in [4.69, 9.17) is 10.5 Å². The molecule has 94 valence electrons. The summed E-state index contributed by atoms with van der Waals surface area (Å²) in [6, 6.07) is 7.96. The minimum absolute atomic E-state index is 0.321. The molecule has 0 aliphatic carbocycles. The smallest absolute Gasteiger partial charge is 0.203 e. The van der Waals surface area contributed by atoms with Gasteiger partial charge in [-0.05, 0) is 11.6 Å². The fraction of sp³-hybridized carbons (Fsp3) is 0.167. The van der Waals surface area contributed by atoms with Crippen molar-refractivity contribution in [3.8, 4) is 5.75 Å². The molecule has 0 aliphatic heterocycles. The summed E-state index contributed by atoms with van der Waals surface area (Å²) >= 11 is 3.49. The van der Waals surface area contributed by atoms with E-state index in [0.717, 1.165) is 10.0 Å². The third-order valence-corrected chi connectivity index (χ3v) is 3.21. The first-order valence-corrected chi connectivity index (χ1v) is 6.13. The molecular formula is C12H13BrN4O. The zero-order chi connectivity index (χ0) is 13.0. The van der Waals surface area contributed by atoms with Crippen molar-refractivity contribution in [3.05, 3.63) is 40.6 Å². The van der Waals surface area contributed by atoms with Crippen LogP contribution in [0.5, 0.6) is 5.75 Å². The fourth-order valence-corrected chi connectivity index (χ4v) is 1.96. The Morgan fingerprint density at radius 2 is 2.11 bits per heavy atom. The predicted octanol–water partition coefficient (Wildman–Crippen LogP) is 2.44. The van der Waals surface area contributed by atoms with Crippen LogP contribution in [0.4, 0.5) is 11.6 Å². The molecule has 0 unspecified atom stereocenters. The quantitative estimate of drug-likeness (QED) is 0.907. The van der Waals surface area contributed by atoms with Crippen molar-refractivity contribution in [1.29, 1.82) is 0 Å². The number of nitrogen functional groups attached to an aromatic ring is 1. The number of nitrogens with one attached hydrogen (secondary N) is 1. The highest BCUT2D eigenvalue weighted by atomic mass is 79.9. The van der Waals surface area contributed by atoms with E-state index >= 15 is 0 Å². The second-order valence-corrected chi connectivity index (χ2v) is 4.44. The van der Waals surface area contributed by atoms with Crippen LogP contribution in [0, 0.1) is 0 Å². The number of rotatable bonds is 4. The Kier molecular flexibility index (Phi) is 3.99. The van der Waals surface area contributed by atoms with Crippen molar-refractivity contribution in [1.82, 2.24) is 9.97 Å². The van der Waals surface area contributed by atoms with Gasteiger partial charge in [-0.3, -0.25) is 0 Å². The lowest BCUT2D eigenvalue weighted by Gasteiger charge is -2.11. The summed E-state index contributed by atoms with van der Waals surface area (Å²) in [4.78, 5) is 7.99. The number of halogens is 1. The lowest BCUT2D eigenvalue weighted by atomic mass is 10.2. The maximum atomic E-state index is 5.71. The van der Waals surface area contributed by atoms with Crippen LogP contribution in [-0.2, 0) is 6.54 Å². The Hall–Kier alpha value is -1.82. The Morgan fingerprint density at radius 3 is 2.83 bits per heavy atom. The van der Waals surface area contributed by atoms with Crippen LogP contribution in [-0.4, -0.2) is 17.1 Å². The molecule has 2 aromatic rings. The highest BCUT2D eigenvalue weighted by Gasteiger charge is 2.09. The van der Waals surface area contributed by atoms with Crippen LogP contribution in [0.2, 0.25) is 0 Å². The molecule has 3 N–H and O–H groups in total. The van der Waals surface area contributed by atoms with Gasteiger partial charge in [0, 0.05) is 11.0 Å². The van der Waals surface area contributed by atoms with E-state index in [1.807, 2.05) is 24.3 Å². The van der Waals surface area contributed by atoms with E-state index in [-0.39, 0.29) is 0 Å². The SMILES string of the molecule is COc1c(N)ncnc1NCc1ccccc1Br. The first kappa shape index (κ1) is 12.6. The number of nitrogens with zero attached hydrogens (tertiary/aromatic N) is 2. The summed E-state index contributed by atoms with van der Waals surface area (Å²) in [6.45, 7) is 0.619. The molecule has 0 atom stereocenters. The first-order valence-electron chi connectivity index (χ1n) is 5.34. The van der Waals surface area contributed by atoms with Gasteiger partial charge in [0.25, 0.3) is 0 Å². The predicted molar refractivity (Wildman–Crippen MR) is 74.5 cm³/mol. The molecule has 0 fully saturated rings. The average Bonchev–Trinajstić information content (AvgIpc) is 2.38. The highest BCUT2D eigenvalue weighted by Crippen LogP contribution is 2.27. The minimum atomic E-state index is 0.321. The summed E-state index contributed by atoms with van der Waals surface area (Å²) in [7, 11) is 1.54. The molecule has 0 spiro atoms. The van der Waals surface area contributed by atoms with Crippen LogP contribution in [0.3, 0.4) is 0 Å². The second kappa shape index (κ2) is 5.68. The van der Waals surface area contributed by atoms with E-state index in [2.05, 4.69) is 31.2 Å². The van der Waals surface area contributed by atoms with E-state index in [9.17, 15) is 0 Å². The highest BCUT2D eigenvalue weighted by molar-refractivity contribution is 9.10. The van der Waals surface area contributed by atoms with Gasteiger partial charge >= 0.3 is 0 Å². The van der Waals surface area contributed by atoms with Gasteiger partial charge in [-0.2, -0.15) is 0 Å². The summed E-state index contributed by atoms with van der Waals surface area (Å²) < 4.78 is 6.21. The summed E-state index contributed by atoms with van der Waals surface area (Å²) in [5.74, 6) is 1.37. The van der Waals surface area contributed by atoms with Crippen molar-refractivity contribution in [2.45, 2.75) is 6.54 Å². The van der Waals surface area contributed by atoms with Gasteiger partial charge in [0.1, 0.15) is 6.33 Å². The lowest BCUT2D eigenvalue weighted by Crippen LogP contribution is -2.06. The molecule has 0 bridgehead atoms. The molecule has 0 saturated heterocycles. The number of benzene rings is 1. The van der Waals surface area contributed by atoms with Crippen LogP contribution in [0.1, 0.15) is 5.56 Å². The lowest BCUT2D eigenvalue weighted by molar-refractivity contribution is 0.415. The van der Waals surface area contributed by atoms with Crippen LogP contribution in [0.15, 0.2) is 35.1 Å². The number of aromatic nitrogens is 2. The number of hydrogen-bond donors (Lipinski definition) is 2. The number of nitrogens with two attached hydrogens (primary N) is 1. The zero-order valence-corrected chi connectivity index (χ0v) is 11.4. The van der Waals surface area contributed by atoms with Crippen molar-refractivity contribution in [3.63, 3.8) is 0 Å². The summed E-state index contributed by atoms with van der Waals surface area (Å²) in [5.41, 5.74) is 6.83. The Morgan fingerprint density at radius 1 is 1.33 bits per heavy atom. The Balaban J connectivity index is 2.16. The Labute approximate surface area is 114 Å². The topological polar surface area (TPSA) is 73.1 Å². The number of ether oxygens (including phenoxy) is 1. The molecule has 2 rings (SSSR count). The molecule has 5 nitrogen and oxygen atoms in total. The normalized spacial score (nSPS) is 10.1. The van der Waals surface area contributed by atoms with Crippen molar-refractivity contribution >= 4 is 27.6 Å². The van der Waals surface area contributed by atoms with Gasteiger partial charge in [0.05, 0.1) is 7.11 Å². The molecule has 6 heteroatoms. The molecule has 0 aliphatic rings. The van der Waals surface area contributed by atoms with Gasteiger partial charge in [0.2, 0.25) is 5.75 Å². The van der Waals surface area contributed by atoms with Crippen molar-refractivity contribution in [2.75, 3.05) is 18.2 Å². The van der Waals surface area contributed by atoms with Crippen LogP contribution < -0.4 is 15.8 Å². The van der Waals surface area contributed by atoms with E-state index < -0.39 is 0 Å². The van der Waals surface area contributed by atoms with E-state index in [0.29, 0.717) is 23.9 Å². The molecule has 0 amide bonds. The zero-order valence-electron chi connectivity index (χ0n) is 9.85. The Bertz CT molecular complexity index is 547. The second-order valence-electron chi connectivity index (χ2n) is 3.59. The molecule has 0 saturated carbocycles. The minimum Gasteiger partial charge on any atom is -0.490 e. The van der Waals surface area contributed by atoms with Gasteiger partial charge in [-0.1, -0.05) is 34.1 Å². The summed E-state index contributed by atoms with van der Waals surface area (Å²) in [5, 5.41) is 3.18. The molecule has 1 aromatic heterocycles. The molecule has 1 aromatic carbocycles. The number of anilines is 2. The van der Waals surface area contributed by atoms with Crippen molar-refractivity contribution in [2.24, 2.45) is 0 Å². The molecule has 1 heterocycles. The standard InChI is InChI=1S/C12H13BrN4O/c1-18-10-11(14)16-7-17-12(10)15-6-8-4-2-3-5-9(8)13/h2-5,7H,6H2,1H3,(H3,14,15,16,17). The van der Waals surface area contributed by atoms with E-state index in [1.54, 1.807) is 7.11 Å². The maximum Gasteiger partial charge on any atom is 0.203 e. The third-order valence-electron chi connectivity index (χ3n) is 2.44. The number of hydrogen-bond acceptors (Lipinski definition) is 5. The molecule has 18 heavy (non-hydrogen) atoms. The van der Waals surface area contributed by atoms with Crippen LogP contribution >= 0.6 is 15.9 Å². The largest absolute Gasteiger partial charge is 0.490 e. The first-order chi connectivity index (χ1) is 8.72. The average molecular weight is 309 g/mol. The van der Waals surface area contributed by atoms with Crippen LogP contribution in [0.25, 0.3) is 0 Å². The maximum absolute atomic E-state index is 5.71.